The number of allylic oxidation sites excluding steroid dienone is 1. The van der Waals surface area contributed by atoms with Crippen molar-refractivity contribution in [2.75, 3.05) is 0 Å². The van der Waals surface area contributed by atoms with Crippen molar-refractivity contribution in [3.05, 3.63) is 48.0 Å². The van der Waals surface area contributed by atoms with E-state index < -0.39 is 5.60 Å². The van der Waals surface area contributed by atoms with Gasteiger partial charge in [0.05, 0.1) is 5.60 Å². The van der Waals surface area contributed by atoms with Crippen LogP contribution in [0.2, 0.25) is 0 Å². The third kappa shape index (κ3) is 3.75. The van der Waals surface area contributed by atoms with Gasteiger partial charge in [-0.15, -0.1) is 0 Å². The first-order valence-electron chi connectivity index (χ1n) is 5.04. The van der Waals surface area contributed by atoms with Crippen molar-refractivity contribution in [1.82, 2.24) is 0 Å². The van der Waals surface area contributed by atoms with Crippen LogP contribution >= 0.6 is 0 Å². The van der Waals surface area contributed by atoms with E-state index in [0.717, 1.165) is 12.8 Å². The molecule has 14 heavy (non-hydrogen) atoms. The minimum atomic E-state index is -0.676. The maximum atomic E-state index is 9.89. The van der Waals surface area contributed by atoms with E-state index in [-0.39, 0.29) is 0 Å². The second-order valence-corrected chi connectivity index (χ2v) is 3.84. The monoisotopic (exact) mass is 190 g/mol. The molecule has 0 aliphatic heterocycles. The van der Waals surface area contributed by atoms with Gasteiger partial charge in [0.2, 0.25) is 0 Å². The SMILES string of the molecule is C/C=C/[C@](C)(O)CCc1ccccc1. The summed E-state index contributed by atoms with van der Waals surface area (Å²) < 4.78 is 0. The molecule has 0 bridgehead atoms. The normalized spacial score (nSPS) is 15.6. The average Bonchev–Trinajstić information content (AvgIpc) is 2.17. The van der Waals surface area contributed by atoms with Crippen LogP contribution in [0.25, 0.3) is 0 Å². The highest BCUT2D eigenvalue weighted by Crippen LogP contribution is 2.15. The molecule has 0 aliphatic carbocycles. The number of hydrogen-bond acceptors (Lipinski definition) is 1. The molecule has 0 unspecified atom stereocenters. The molecule has 0 radical (unpaired) electrons. The second-order valence-electron chi connectivity index (χ2n) is 3.84. The summed E-state index contributed by atoms with van der Waals surface area (Å²) in [5.41, 5.74) is 0.599. The third-order valence-electron chi connectivity index (χ3n) is 2.29. The van der Waals surface area contributed by atoms with Gasteiger partial charge >= 0.3 is 0 Å². The van der Waals surface area contributed by atoms with Crippen LogP contribution in [0, 0.1) is 0 Å². The molecule has 1 rings (SSSR count). The average molecular weight is 190 g/mol. The minimum absolute atomic E-state index is 0.676. The first kappa shape index (κ1) is 11.0. The zero-order valence-corrected chi connectivity index (χ0v) is 8.90. The largest absolute Gasteiger partial charge is 0.386 e. The number of benzene rings is 1. The second kappa shape index (κ2) is 4.97. The molecule has 0 aromatic heterocycles. The molecular formula is C13H18O. The summed E-state index contributed by atoms with van der Waals surface area (Å²) in [6, 6.07) is 10.2. The molecule has 1 N–H and O–H groups in total. The lowest BCUT2D eigenvalue weighted by Gasteiger charge is -2.18. The Labute approximate surface area is 86.1 Å². The van der Waals surface area contributed by atoms with Crippen LogP contribution in [0.5, 0.6) is 0 Å². The summed E-state index contributed by atoms with van der Waals surface area (Å²) >= 11 is 0. The Morgan fingerprint density at radius 3 is 2.50 bits per heavy atom. The number of hydrogen-bond donors (Lipinski definition) is 1. The number of aryl methyl sites for hydroxylation is 1. The molecule has 1 aromatic carbocycles. The molecule has 1 nitrogen and oxygen atoms in total. The van der Waals surface area contributed by atoms with E-state index in [1.165, 1.54) is 5.56 Å². The van der Waals surface area contributed by atoms with Crippen LogP contribution in [-0.2, 0) is 6.42 Å². The van der Waals surface area contributed by atoms with Gasteiger partial charge in [0.1, 0.15) is 0 Å². The zero-order valence-electron chi connectivity index (χ0n) is 8.90. The Morgan fingerprint density at radius 2 is 1.93 bits per heavy atom. The molecule has 1 heteroatoms. The van der Waals surface area contributed by atoms with Gasteiger partial charge in [0, 0.05) is 0 Å². The summed E-state index contributed by atoms with van der Waals surface area (Å²) in [5.74, 6) is 0. The fraction of sp³-hybridized carbons (Fsp3) is 0.385. The van der Waals surface area contributed by atoms with Crippen LogP contribution in [0.3, 0.4) is 0 Å². The lowest BCUT2D eigenvalue weighted by Crippen LogP contribution is -2.21. The van der Waals surface area contributed by atoms with Crippen molar-refractivity contribution < 1.29 is 5.11 Å². The Morgan fingerprint density at radius 1 is 1.29 bits per heavy atom. The quantitative estimate of drug-likeness (QED) is 0.724. The smallest absolute Gasteiger partial charge is 0.0802 e. The van der Waals surface area contributed by atoms with Crippen LogP contribution in [0.1, 0.15) is 25.8 Å². The molecule has 76 valence electrons. The molecule has 0 saturated heterocycles. The van der Waals surface area contributed by atoms with Crippen LogP contribution in [0.15, 0.2) is 42.5 Å². The molecular weight excluding hydrogens is 172 g/mol. The summed E-state index contributed by atoms with van der Waals surface area (Å²) in [4.78, 5) is 0. The Hall–Kier alpha value is -1.08. The van der Waals surface area contributed by atoms with Crippen molar-refractivity contribution in [2.24, 2.45) is 0 Å². The summed E-state index contributed by atoms with van der Waals surface area (Å²) in [5, 5.41) is 9.89. The third-order valence-corrected chi connectivity index (χ3v) is 2.29. The van der Waals surface area contributed by atoms with E-state index in [1.54, 1.807) is 0 Å². The predicted octanol–water partition coefficient (Wildman–Crippen LogP) is 2.95. The van der Waals surface area contributed by atoms with Gasteiger partial charge in [-0.25, -0.2) is 0 Å². The van der Waals surface area contributed by atoms with Crippen LogP contribution in [-0.4, -0.2) is 10.7 Å². The highest BCUT2D eigenvalue weighted by molar-refractivity contribution is 5.15. The van der Waals surface area contributed by atoms with E-state index in [4.69, 9.17) is 0 Å². The topological polar surface area (TPSA) is 20.2 Å². The minimum Gasteiger partial charge on any atom is -0.386 e. The maximum Gasteiger partial charge on any atom is 0.0802 e. The molecule has 1 aromatic rings. The Balaban J connectivity index is 2.49. The number of aliphatic hydroxyl groups is 1. The highest BCUT2D eigenvalue weighted by Gasteiger charge is 2.14. The van der Waals surface area contributed by atoms with E-state index in [1.807, 2.05) is 44.2 Å². The fourth-order valence-corrected chi connectivity index (χ4v) is 1.48. The lowest BCUT2D eigenvalue weighted by molar-refractivity contribution is 0.102. The Kier molecular flexibility index (Phi) is 3.90. The lowest BCUT2D eigenvalue weighted by atomic mass is 9.96. The van der Waals surface area contributed by atoms with Gasteiger partial charge in [-0.05, 0) is 32.3 Å². The first-order valence-corrected chi connectivity index (χ1v) is 5.04. The molecule has 1 atom stereocenters. The molecule has 0 fully saturated rings. The van der Waals surface area contributed by atoms with Crippen molar-refractivity contribution >= 4 is 0 Å². The van der Waals surface area contributed by atoms with E-state index >= 15 is 0 Å². The molecule has 0 saturated carbocycles. The van der Waals surface area contributed by atoms with Crippen molar-refractivity contribution in [3.8, 4) is 0 Å². The van der Waals surface area contributed by atoms with Crippen molar-refractivity contribution in [3.63, 3.8) is 0 Å². The van der Waals surface area contributed by atoms with Gasteiger partial charge in [0.15, 0.2) is 0 Å². The van der Waals surface area contributed by atoms with E-state index in [9.17, 15) is 5.11 Å². The molecule has 0 spiro atoms. The summed E-state index contributed by atoms with van der Waals surface area (Å²) in [7, 11) is 0. The predicted molar refractivity (Wildman–Crippen MR) is 60.2 cm³/mol. The first-order chi connectivity index (χ1) is 6.64. The number of rotatable bonds is 4. The highest BCUT2D eigenvalue weighted by atomic mass is 16.3. The van der Waals surface area contributed by atoms with Crippen molar-refractivity contribution in [2.45, 2.75) is 32.3 Å². The fourth-order valence-electron chi connectivity index (χ4n) is 1.48. The van der Waals surface area contributed by atoms with Gasteiger partial charge in [-0.1, -0.05) is 42.5 Å². The molecule has 0 aliphatic rings. The zero-order chi connectivity index (χ0) is 10.4. The maximum absolute atomic E-state index is 9.89. The standard InChI is InChI=1S/C13H18O/c1-3-10-13(2,14)11-9-12-7-5-4-6-8-12/h3-8,10,14H,9,11H2,1-2H3/b10-3+/t13-/m0/s1. The van der Waals surface area contributed by atoms with E-state index in [0.29, 0.717) is 0 Å². The molecule has 0 heterocycles. The van der Waals surface area contributed by atoms with Gasteiger partial charge in [-0.3, -0.25) is 0 Å². The van der Waals surface area contributed by atoms with Crippen LogP contribution < -0.4 is 0 Å². The summed E-state index contributed by atoms with van der Waals surface area (Å²) in [6.07, 6.45) is 5.42. The van der Waals surface area contributed by atoms with E-state index in [2.05, 4.69) is 12.1 Å². The Bertz CT molecular complexity index is 285. The van der Waals surface area contributed by atoms with Gasteiger partial charge in [-0.2, -0.15) is 0 Å². The van der Waals surface area contributed by atoms with Gasteiger partial charge in [0.25, 0.3) is 0 Å². The molecule has 0 amide bonds. The van der Waals surface area contributed by atoms with Gasteiger partial charge < -0.3 is 5.11 Å². The van der Waals surface area contributed by atoms with Crippen LogP contribution in [0.4, 0.5) is 0 Å². The van der Waals surface area contributed by atoms with Crippen molar-refractivity contribution in [1.29, 1.82) is 0 Å². The summed E-state index contributed by atoms with van der Waals surface area (Å²) in [6.45, 7) is 3.77.